The number of aliphatic hydroxyl groups is 2. The minimum atomic E-state index is -3.82. The lowest BCUT2D eigenvalue weighted by atomic mass is 9.70. The smallest absolute Gasteiger partial charge is 0.222 e. The largest absolute Gasteiger partial charge is 0.394 e. The Morgan fingerprint density at radius 1 is 1.18 bits per heavy atom. The Morgan fingerprint density at radius 3 is 2.50 bits per heavy atom. The van der Waals surface area contributed by atoms with Gasteiger partial charge in [0.2, 0.25) is 10.0 Å². The highest BCUT2D eigenvalue weighted by molar-refractivity contribution is 7.89. The van der Waals surface area contributed by atoms with Crippen LogP contribution in [-0.4, -0.2) is 54.9 Å². The summed E-state index contributed by atoms with van der Waals surface area (Å²) in [5.74, 6) is 1.99. The van der Waals surface area contributed by atoms with Crippen LogP contribution in [0.15, 0.2) is 48.5 Å². The van der Waals surface area contributed by atoms with E-state index >= 15 is 4.39 Å². The van der Waals surface area contributed by atoms with E-state index in [0.717, 1.165) is 0 Å². The molecule has 8 heteroatoms. The van der Waals surface area contributed by atoms with Crippen LogP contribution in [-0.2, 0) is 26.7 Å². The summed E-state index contributed by atoms with van der Waals surface area (Å²) >= 11 is 0. The molecule has 2 N–H and O–H groups in total. The molecule has 6 nitrogen and oxygen atoms in total. The Kier molecular flexibility index (Phi) is 7.41. The average molecular weight is 488 g/mol. The van der Waals surface area contributed by atoms with E-state index in [1.165, 1.54) is 10.4 Å². The number of rotatable bonds is 6. The summed E-state index contributed by atoms with van der Waals surface area (Å²) in [7, 11) is -3.82. The van der Waals surface area contributed by atoms with Crippen LogP contribution >= 0.6 is 0 Å². The summed E-state index contributed by atoms with van der Waals surface area (Å²) in [5, 5.41) is 19.4. The fourth-order valence-corrected chi connectivity index (χ4v) is 7.30. The molecule has 34 heavy (non-hydrogen) atoms. The van der Waals surface area contributed by atoms with Crippen molar-refractivity contribution in [2.24, 2.45) is 0 Å². The fourth-order valence-electron chi connectivity index (χ4n) is 5.19. The van der Waals surface area contributed by atoms with Crippen molar-refractivity contribution < 1.29 is 27.8 Å². The van der Waals surface area contributed by atoms with Crippen molar-refractivity contribution >= 4 is 10.0 Å². The monoisotopic (exact) mass is 487 g/mol. The van der Waals surface area contributed by atoms with Crippen molar-refractivity contribution in [2.75, 3.05) is 19.8 Å². The first-order valence-electron chi connectivity index (χ1n) is 11.5. The summed E-state index contributed by atoms with van der Waals surface area (Å²) in [4.78, 5) is 0. The molecule has 2 aromatic rings. The molecule has 0 spiro atoms. The molecule has 4 rings (SSSR count). The van der Waals surface area contributed by atoms with Crippen LogP contribution in [0, 0.1) is 18.2 Å². The van der Waals surface area contributed by atoms with E-state index < -0.39 is 45.3 Å². The number of halogens is 1. The van der Waals surface area contributed by atoms with Gasteiger partial charge in [0.25, 0.3) is 0 Å². The van der Waals surface area contributed by atoms with E-state index in [1.54, 1.807) is 36.4 Å². The molecule has 3 unspecified atom stereocenters. The summed E-state index contributed by atoms with van der Waals surface area (Å²) < 4.78 is 49.0. The third kappa shape index (κ3) is 4.51. The number of sulfonamides is 1. The molecule has 2 heterocycles. The van der Waals surface area contributed by atoms with Gasteiger partial charge in [-0.3, -0.25) is 0 Å². The predicted octanol–water partition coefficient (Wildman–Crippen LogP) is 2.90. The second-order valence-corrected chi connectivity index (χ2v) is 11.1. The van der Waals surface area contributed by atoms with Crippen LogP contribution in [0.1, 0.15) is 47.6 Å². The molecule has 0 radical (unpaired) electrons. The van der Waals surface area contributed by atoms with Crippen molar-refractivity contribution in [1.29, 1.82) is 0 Å². The second-order valence-electron chi connectivity index (χ2n) is 9.02. The minimum absolute atomic E-state index is 0.175. The lowest BCUT2D eigenvalue weighted by Crippen LogP contribution is -2.46. The SMILES string of the molecule is C#CC1CCC(c2ccccc2)S(=O)(=O)N1Cc1ccc(C2(C(O)CO)CCOCC2)cc1F. The molecule has 2 aliphatic heterocycles. The Hall–Kier alpha value is -2.28. The van der Waals surface area contributed by atoms with Gasteiger partial charge in [-0.2, -0.15) is 4.31 Å². The van der Waals surface area contributed by atoms with E-state index in [2.05, 4.69) is 5.92 Å². The predicted molar refractivity (Wildman–Crippen MR) is 127 cm³/mol. The zero-order valence-electron chi connectivity index (χ0n) is 18.9. The van der Waals surface area contributed by atoms with Crippen molar-refractivity contribution in [3.8, 4) is 12.3 Å². The number of aliphatic hydroxyl groups excluding tert-OH is 2. The molecule has 0 aliphatic carbocycles. The first kappa shape index (κ1) is 24.8. The van der Waals surface area contributed by atoms with Crippen molar-refractivity contribution in [3.63, 3.8) is 0 Å². The lowest BCUT2D eigenvalue weighted by Gasteiger charge is -2.41. The van der Waals surface area contributed by atoms with Gasteiger partial charge in [-0.1, -0.05) is 48.4 Å². The van der Waals surface area contributed by atoms with Crippen molar-refractivity contribution in [2.45, 2.75) is 55.0 Å². The Bertz CT molecular complexity index is 1140. The van der Waals surface area contributed by atoms with Gasteiger partial charge in [0.15, 0.2) is 0 Å². The summed E-state index contributed by atoms with van der Waals surface area (Å²) in [5.41, 5.74) is 0.652. The molecule has 2 aromatic carbocycles. The number of ether oxygens (including phenoxy) is 1. The van der Waals surface area contributed by atoms with Crippen LogP contribution < -0.4 is 0 Å². The minimum Gasteiger partial charge on any atom is -0.394 e. The van der Waals surface area contributed by atoms with Gasteiger partial charge in [0, 0.05) is 30.7 Å². The van der Waals surface area contributed by atoms with Gasteiger partial charge in [-0.05, 0) is 42.9 Å². The lowest BCUT2D eigenvalue weighted by molar-refractivity contribution is -0.0372. The molecule has 0 bridgehead atoms. The van der Waals surface area contributed by atoms with Gasteiger partial charge in [0.1, 0.15) is 11.1 Å². The van der Waals surface area contributed by atoms with E-state index in [-0.39, 0.29) is 12.1 Å². The van der Waals surface area contributed by atoms with Crippen LogP contribution in [0.4, 0.5) is 4.39 Å². The number of benzene rings is 2. The van der Waals surface area contributed by atoms with Crippen LogP contribution in [0.25, 0.3) is 0 Å². The van der Waals surface area contributed by atoms with Gasteiger partial charge >= 0.3 is 0 Å². The summed E-state index contributed by atoms with van der Waals surface area (Å²) in [6.45, 7) is 0.180. The molecule has 3 atom stereocenters. The maximum absolute atomic E-state index is 15.4. The van der Waals surface area contributed by atoms with Crippen molar-refractivity contribution in [3.05, 3.63) is 71.0 Å². The molecule has 2 aliphatic rings. The third-order valence-electron chi connectivity index (χ3n) is 7.25. The van der Waals surface area contributed by atoms with E-state index in [0.29, 0.717) is 50.0 Å². The molecule has 2 fully saturated rings. The van der Waals surface area contributed by atoms with Gasteiger partial charge in [-0.15, -0.1) is 6.42 Å². The number of terminal acetylenes is 1. The molecule has 182 valence electrons. The zero-order chi connectivity index (χ0) is 24.3. The first-order chi connectivity index (χ1) is 16.3. The van der Waals surface area contributed by atoms with E-state index in [4.69, 9.17) is 11.2 Å². The second kappa shape index (κ2) is 10.1. The standard InChI is InChI=1S/C26H30FNO5S/c1-2-22-10-11-24(19-6-4-3-5-7-19)34(31,32)28(22)17-20-8-9-21(16-23(20)27)26(25(30)18-29)12-14-33-15-13-26/h1,3-9,16,22,24-25,29-30H,10-15,17-18H2. The maximum atomic E-state index is 15.4. The van der Waals surface area contributed by atoms with Crippen LogP contribution in [0.2, 0.25) is 0 Å². The topological polar surface area (TPSA) is 87.1 Å². The Balaban J connectivity index is 1.65. The Morgan fingerprint density at radius 2 is 1.88 bits per heavy atom. The number of hydrogen-bond donors (Lipinski definition) is 2. The summed E-state index contributed by atoms with van der Waals surface area (Å²) in [6, 6.07) is 13.0. The highest BCUT2D eigenvalue weighted by atomic mass is 32.2. The summed E-state index contributed by atoms with van der Waals surface area (Å²) in [6.07, 6.45) is 6.40. The molecule has 2 saturated heterocycles. The Labute approximate surface area is 200 Å². The highest BCUT2D eigenvalue weighted by Crippen LogP contribution is 2.40. The van der Waals surface area contributed by atoms with Gasteiger partial charge < -0.3 is 14.9 Å². The third-order valence-corrected chi connectivity index (χ3v) is 9.51. The van der Waals surface area contributed by atoms with Crippen molar-refractivity contribution in [1.82, 2.24) is 4.31 Å². The van der Waals surface area contributed by atoms with Gasteiger partial charge in [0.05, 0.1) is 18.8 Å². The number of nitrogens with zero attached hydrogens (tertiary/aromatic N) is 1. The van der Waals surface area contributed by atoms with E-state index in [9.17, 15) is 18.6 Å². The molecular weight excluding hydrogens is 457 g/mol. The fraction of sp³-hybridized carbons (Fsp3) is 0.462. The average Bonchev–Trinajstić information content (AvgIpc) is 2.86. The highest BCUT2D eigenvalue weighted by Gasteiger charge is 2.43. The normalized spacial score (nSPS) is 25.4. The quantitative estimate of drug-likeness (QED) is 0.612. The molecular formula is C26H30FNO5S. The molecule has 0 amide bonds. The van der Waals surface area contributed by atoms with E-state index in [1.807, 2.05) is 6.07 Å². The molecule has 0 aromatic heterocycles. The molecule has 0 saturated carbocycles. The maximum Gasteiger partial charge on any atom is 0.222 e. The zero-order valence-corrected chi connectivity index (χ0v) is 19.8. The van der Waals surface area contributed by atoms with Crippen LogP contribution in [0.3, 0.4) is 0 Å². The number of hydrogen-bond acceptors (Lipinski definition) is 5. The van der Waals surface area contributed by atoms with Crippen LogP contribution in [0.5, 0.6) is 0 Å². The van der Waals surface area contributed by atoms with Gasteiger partial charge in [-0.25, -0.2) is 12.8 Å². The first-order valence-corrected chi connectivity index (χ1v) is 13.0.